The van der Waals surface area contributed by atoms with Gasteiger partial charge in [-0.2, -0.15) is 0 Å². The summed E-state index contributed by atoms with van der Waals surface area (Å²) in [6, 6.07) is 0. The van der Waals surface area contributed by atoms with E-state index in [0.29, 0.717) is 18.6 Å². The molecule has 160 valence electrons. The summed E-state index contributed by atoms with van der Waals surface area (Å²) in [4.78, 5) is 21.6. The van der Waals surface area contributed by atoms with E-state index in [0.717, 1.165) is 12.8 Å². The number of carbonyl (C=O) groups is 1. The molecule has 1 amide bonds. The van der Waals surface area contributed by atoms with E-state index in [1.54, 1.807) is 4.90 Å². The van der Waals surface area contributed by atoms with Crippen molar-refractivity contribution >= 4 is 39.9 Å². The number of sulfone groups is 1. The first-order valence-corrected chi connectivity index (χ1v) is 11.9. The van der Waals surface area contributed by atoms with E-state index < -0.39 is 28.2 Å². The highest BCUT2D eigenvalue weighted by molar-refractivity contribution is 7.91. The van der Waals surface area contributed by atoms with Gasteiger partial charge in [0, 0.05) is 30.9 Å². The molecular weight excluding hydrogens is 417 g/mol. The van der Waals surface area contributed by atoms with Gasteiger partial charge in [-0.1, -0.05) is 0 Å². The summed E-state index contributed by atoms with van der Waals surface area (Å²) < 4.78 is 37.4. The number of rotatable bonds is 5. The highest BCUT2D eigenvalue weighted by Gasteiger charge is 2.52. The monoisotopic (exact) mass is 443 g/mol. The van der Waals surface area contributed by atoms with Gasteiger partial charge in [0.2, 0.25) is 20.9 Å². The van der Waals surface area contributed by atoms with E-state index in [2.05, 4.69) is 9.97 Å². The van der Waals surface area contributed by atoms with Gasteiger partial charge >= 0.3 is 7.12 Å². The number of alkyl halides is 1. The van der Waals surface area contributed by atoms with E-state index in [1.807, 2.05) is 27.7 Å². The summed E-state index contributed by atoms with van der Waals surface area (Å²) in [6.07, 6.45) is 4.36. The first-order valence-electron chi connectivity index (χ1n) is 9.69. The maximum atomic E-state index is 12.8. The standard InChI is InChI=1S/C18H27BClN3O5S/c1-17(2)18(3,4)28-19(27-17)14-9-21-16(22-10-14)29(25,26)12-13-6-5-7-23(11-13)15(24)8-20/h9-10,13H,5-8,11-12H2,1-4H3/t13-/m0/s1. The minimum atomic E-state index is -3.68. The number of nitrogens with zero attached hydrogens (tertiary/aromatic N) is 3. The van der Waals surface area contributed by atoms with Crippen molar-refractivity contribution in [3.8, 4) is 0 Å². The largest absolute Gasteiger partial charge is 0.498 e. The topological polar surface area (TPSA) is 98.7 Å². The van der Waals surface area contributed by atoms with E-state index in [9.17, 15) is 13.2 Å². The Morgan fingerprint density at radius 2 is 1.83 bits per heavy atom. The lowest BCUT2D eigenvalue weighted by atomic mass is 9.81. The molecule has 2 fully saturated rings. The minimum absolute atomic E-state index is 0.0943. The van der Waals surface area contributed by atoms with Crippen LogP contribution in [0.2, 0.25) is 0 Å². The van der Waals surface area contributed by atoms with Crippen molar-refractivity contribution < 1.29 is 22.5 Å². The fraction of sp³-hybridized carbons (Fsp3) is 0.722. The van der Waals surface area contributed by atoms with Crippen LogP contribution in [0.15, 0.2) is 17.6 Å². The van der Waals surface area contributed by atoms with Gasteiger partial charge in [-0.05, 0) is 46.5 Å². The summed E-state index contributed by atoms with van der Waals surface area (Å²) in [5.41, 5.74) is -0.440. The molecule has 0 aromatic carbocycles. The van der Waals surface area contributed by atoms with Gasteiger partial charge in [-0.25, -0.2) is 18.4 Å². The second kappa shape index (κ2) is 8.13. The summed E-state index contributed by atoms with van der Waals surface area (Å²) in [5, 5.41) is -0.224. The van der Waals surface area contributed by atoms with Crippen LogP contribution < -0.4 is 5.46 Å². The molecule has 3 heterocycles. The lowest BCUT2D eigenvalue weighted by Gasteiger charge is -2.32. The molecule has 11 heteroatoms. The number of hydrogen-bond acceptors (Lipinski definition) is 7. The summed E-state index contributed by atoms with van der Waals surface area (Å²) in [7, 11) is -4.32. The zero-order chi connectivity index (χ0) is 21.4. The Kier molecular flexibility index (Phi) is 6.30. The van der Waals surface area contributed by atoms with E-state index in [-0.39, 0.29) is 28.6 Å². The number of carbonyl (C=O) groups excluding carboxylic acids is 1. The smallest absolute Gasteiger partial charge is 0.399 e. The Bertz CT molecular complexity index is 847. The van der Waals surface area contributed by atoms with Crippen molar-refractivity contribution in [1.29, 1.82) is 0 Å². The highest BCUT2D eigenvalue weighted by Crippen LogP contribution is 2.36. The van der Waals surface area contributed by atoms with Crippen molar-refractivity contribution in [3.63, 3.8) is 0 Å². The van der Waals surface area contributed by atoms with Crippen LogP contribution in [0.25, 0.3) is 0 Å². The molecule has 8 nitrogen and oxygen atoms in total. The van der Waals surface area contributed by atoms with Crippen LogP contribution >= 0.6 is 11.6 Å². The average Bonchev–Trinajstić information content (AvgIpc) is 2.88. The normalized spacial score (nSPS) is 24.0. The molecule has 0 saturated carbocycles. The Morgan fingerprint density at radius 3 is 2.38 bits per heavy atom. The Balaban J connectivity index is 1.68. The number of hydrogen-bond donors (Lipinski definition) is 0. The fourth-order valence-electron chi connectivity index (χ4n) is 3.48. The molecule has 2 aliphatic heterocycles. The molecule has 1 atom stereocenters. The summed E-state index contributed by atoms with van der Waals surface area (Å²) in [6.45, 7) is 8.76. The summed E-state index contributed by atoms with van der Waals surface area (Å²) >= 11 is 5.62. The SMILES string of the molecule is CC1(C)OB(c2cnc(S(=O)(=O)C[C@H]3CCCN(C(=O)CCl)C3)nc2)OC1(C)C. The van der Waals surface area contributed by atoms with E-state index in [4.69, 9.17) is 20.9 Å². The quantitative estimate of drug-likeness (QED) is 0.381. The van der Waals surface area contributed by atoms with Gasteiger partial charge in [0.05, 0.1) is 17.0 Å². The van der Waals surface area contributed by atoms with Crippen LogP contribution in [0.4, 0.5) is 0 Å². The Labute approximate surface area is 177 Å². The molecule has 0 bridgehead atoms. The highest BCUT2D eigenvalue weighted by atomic mass is 35.5. The molecule has 2 aliphatic rings. The molecule has 0 unspecified atom stereocenters. The Morgan fingerprint density at radius 1 is 1.24 bits per heavy atom. The molecule has 0 spiro atoms. The molecule has 1 aromatic rings. The number of likely N-dealkylation sites (tertiary alicyclic amines) is 1. The van der Waals surface area contributed by atoms with Gasteiger partial charge in [0.25, 0.3) is 0 Å². The fourth-order valence-corrected chi connectivity index (χ4v) is 5.12. The number of piperidine rings is 1. The van der Waals surface area contributed by atoms with Gasteiger partial charge in [0.15, 0.2) is 0 Å². The lowest BCUT2D eigenvalue weighted by molar-refractivity contribution is -0.130. The number of halogens is 1. The van der Waals surface area contributed by atoms with Crippen LogP contribution in [-0.4, -0.2) is 72.2 Å². The van der Waals surface area contributed by atoms with Gasteiger partial charge in [-0.15, -0.1) is 11.6 Å². The summed E-state index contributed by atoms with van der Waals surface area (Å²) in [5.74, 6) is -0.526. The third-order valence-electron chi connectivity index (χ3n) is 5.89. The molecule has 2 saturated heterocycles. The zero-order valence-electron chi connectivity index (χ0n) is 17.2. The maximum Gasteiger partial charge on any atom is 0.498 e. The van der Waals surface area contributed by atoms with Crippen molar-refractivity contribution in [2.75, 3.05) is 24.7 Å². The second-order valence-corrected chi connectivity index (χ2v) is 10.8. The van der Waals surface area contributed by atoms with Crippen LogP contribution in [0.1, 0.15) is 40.5 Å². The maximum absolute atomic E-state index is 12.8. The molecule has 29 heavy (non-hydrogen) atoms. The molecular formula is C18H27BClN3O5S. The Hall–Kier alpha value is -1.23. The van der Waals surface area contributed by atoms with Gasteiger partial charge in [-0.3, -0.25) is 4.79 Å². The first kappa shape index (κ1) is 22.5. The van der Waals surface area contributed by atoms with Gasteiger partial charge < -0.3 is 14.2 Å². The van der Waals surface area contributed by atoms with Crippen molar-refractivity contribution in [2.24, 2.45) is 5.92 Å². The third kappa shape index (κ3) is 4.76. The predicted molar refractivity (Wildman–Crippen MR) is 110 cm³/mol. The molecule has 0 N–H and O–H groups in total. The first-order chi connectivity index (χ1) is 13.4. The van der Waals surface area contributed by atoms with Gasteiger partial charge in [0.1, 0.15) is 5.88 Å². The molecule has 1 aromatic heterocycles. The van der Waals surface area contributed by atoms with E-state index >= 15 is 0 Å². The zero-order valence-corrected chi connectivity index (χ0v) is 18.8. The minimum Gasteiger partial charge on any atom is -0.399 e. The lowest BCUT2D eigenvalue weighted by Crippen LogP contribution is -2.42. The van der Waals surface area contributed by atoms with Crippen LogP contribution in [0, 0.1) is 5.92 Å². The number of aromatic nitrogens is 2. The predicted octanol–water partition coefficient (Wildman–Crippen LogP) is 1.03. The average molecular weight is 444 g/mol. The number of amides is 1. The van der Waals surface area contributed by atoms with Crippen LogP contribution in [-0.2, 0) is 23.9 Å². The third-order valence-corrected chi connectivity index (χ3v) is 7.80. The van der Waals surface area contributed by atoms with Crippen LogP contribution in [0.3, 0.4) is 0 Å². The van der Waals surface area contributed by atoms with E-state index in [1.165, 1.54) is 12.4 Å². The van der Waals surface area contributed by atoms with Crippen molar-refractivity contribution in [2.45, 2.75) is 56.9 Å². The second-order valence-electron chi connectivity index (χ2n) is 8.65. The molecule has 0 radical (unpaired) electrons. The molecule has 3 rings (SSSR count). The molecule has 0 aliphatic carbocycles. The van der Waals surface area contributed by atoms with Crippen LogP contribution in [0.5, 0.6) is 0 Å². The van der Waals surface area contributed by atoms with Crippen molar-refractivity contribution in [1.82, 2.24) is 14.9 Å². The van der Waals surface area contributed by atoms with Crippen molar-refractivity contribution in [3.05, 3.63) is 12.4 Å².